The van der Waals surface area contributed by atoms with Crippen LogP contribution in [0.15, 0.2) is 12.2 Å². The maximum Gasteiger partial charge on any atom is 0.472 e. The van der Waals surface area contributed by atoms with Crippen LogP contribution in [0.5, 0.6) is 0 Å². The van der Waals surface area contributed by atoms with Crippen LogP contribution in [-0.4, -0.2) is 98.3 Å². The van der Waals surface area contributed by atoms with Crippen molar-refractivity contribution in [3.63, 3.8) is 0 Å². The van der Waals surface area contributed by atoms with Crippen LogP contribution in [0, 0.1) is 0 Å². The van der Waals surface area contributed by atoms with Crippen molar-refractivity contribution in [3.05, 3.63) is 12.2 Å². The Balaban J connectivity index is 2.56. The second kappa shape index (κ2) is 26.4. The molecule has 13 nitrogen and oxygen atoms in total. The molecule has 14 heteroatoms. The Bertz CT molecular complexity index is 917. The van der Waals surface area contributed by atoms with Gasteiger partial charge in [0.25, 0.3) is 0 Å². The van der Waals surface area contributed by atoms with Gasteiger partial charge >= 0.3 is 19.8 Å². The summed E-state index contributed by atoms with van der Waals surface area (Å²) in [5.41, 5.74) is 0. The molecule has 1 saturated carbocycles. The number of rotatable bonds is 28. The Morgan fingerprint density at radius 1 is 0.625 bits per heavy atom. The molecule has 6 atom stereocenters. The van der Waals surface area contributed by atoms with Gasteiger partial charge in [-0.25, -0.2) is 4.57 Å². The molecular weight excluding hydrogens is 647 g/mol. The lowest BCUT2D eigenvalue weighted by Gasteiger charge is -2.41. The van der Waals surface area contributed by atoms with E-state index in [9.17, 15) is 44.6 Å². The second-order valence-corrected chi connectivity index (χ2v) is 14.1. The number of ether oxygens (including phenoxy) is 2. The number of phosphoric ester groups is 1. The van der Waals surface area contributed by atoms with E-state index in [0.29, 0.717) is 12.8 Å². The minimum Gasteiger partial charge on any atom is -0.462 e. The fourth-order valence-corrected chi connectivity index (χ4v) is 6.31. The molecule has 0 amide bonds. The predicted octanol–water partition coefficient (Wildman–Crippen LogP) is 4.77. The van der Waals surface area contributed by atoms with Crippen molar-refractivity contribution < 1.29 is 63.1 Å². The van der Waals surface area contributed by atoms with Crippen LogP contribution < -0.4 is 0 Å². The van der Waals surface area contributed by atoms with Crippen LogP contribution in [0.25, 0.3) is 0 Å². The molecule has 0 saturated heterocycles. The molecule has 0 radical (unpaired) electrons. The predicted molar refractivity (Wildman–Crippen MR) is 180 cm³/mol. The van der Waals surface area contributed by atoms with Crippen LogP contribution >= 0.6 is 7.82 Å². The van der Waals surface area contributed by atoms with Crippen molar-refractivity contribution in [2.75, 3.05) is 13.2 Å². The van der Waals surface area contributed by atoms with Crippen molar-refractivity contribution in [2.45, 2.75) is 179 Å². The number of phosphoric acid groups is 1. The first kappa shape index (κ1) is 44.6. The lowest BCUT2D eigenvalue weighted by atomic mass is 9.85. The molecule has 0 aromatic carbocycles. The zero-order valence-corrected chi connectivity index (χ0v) is 29.9. The maximum absolute atomic E-state index is 12.7. The Morgan fingerprint density at radius 3 is 1.60 bits per heavy atom. The first-order valence-electron chi connectivity index (χ1n) is 18.0. The Kier molecular flexibility index (Phi) is 24.5. The third kappa shape index (κ3) is 19.7. The molecule has 6 N–H and O–H groups in total. The van der Waals surface area contributed by atoms with E-state index >= 15 is 0 Å². The van der Waals surface area contributed by atoms with Crippen LogP contribution in [0.1, 0.15) is 136 Å². The van der Waals surface area contributed by atoms with E-state index in [2.05, 4.69) is 26.0 Å². The van der Waals surface area contributed by atoms with E-state index in [1.54, 1.807) is 0 Å². The smallest absolute Gasteiger partial charge is 0.462 e. The molecular formula is C34H63O13P. The first-order chi connectivity index (χ1) is 22.9. The molecule has 0 bridgehead atoms. The summed E-state index contributed by atoms with van der Waals surface area (Å²) in [6.45, 7) is 3.15. The van der Waals surface area contributed by atoms with Crippen molar-refractivity contribution in [1.29, 1.82) is 0 Å². The molecule has 0 spiro atoms. The van der Waals surface area contributed by atoms with Gasteiger partial charge in [-0.15, -0.1) is 0 Å². The summed E-state index contributed by atoms with van der Waals surface area (Å²) in [5, 5.41) is 49.7. The third-order valence-corrected chi connectivity index (χ3v) is 9.34. The largest absolute Gasteiger partial charge is 0.472 e. The van der Waals surface area contributed by atoms with E-state index in [1.807, 2.05) is 0 Å². The molecule has 282 valence electrons. The number of aliphatic hydroxyl groups excluding tert-OH is 5. The van der Waals surface area contributed by atoms with Crippen molar-refractivity contribution in [3.8, 4) is 0 Å². The topological polar surface area (TPSA) is 210 Å². The summed E-state index contributed by atoms with van der Waals surface area (Å²) in [6, 6.07) is 0. The molecule has 6 unspecified atom stereocenters. The number of aliphatic hydroxyl groups is 5. The number of carbonyl (C=O) groups is 2. The summed E-state index contributed by atoms with van der Waals surface area (Å²) < 4.78 is 33.1. The molecule has 0 aromatic heterocycles. The highest BCUT2D eigenvalue weighted by Gasteiger charge is 2.51. The van der Waals surface area contributed by atoms with Gasteiger partial charge in [-0.1, -0.05) is 96.6 Å². The van der Waals surface area contributed by atoms with Gasteiger partial charge in [0, 0.05) is 12.8 Å². The summed E-state index contributed by atoms with van der Waals surface area (Å²) in [5.74, 6) is -1.12. The molecule has 1 aliphatic rings. The molecule has 0 aliphatic heterocycles. The molecule has 48 heavy (non-hydrogen) atoms. The minimum atomic E-state index is -5.10. The van der Waals surface area contributed by atoms with E-state index in [1.165, 1.54) is 25.7 Å². The summed E-state index contributed by atoms with van der Waals surface area (Å²) in [4.78, 5) is 35.1. The summed E-state index contributed by atoms with van der Waals surface area (Å²) in [6.07, 6.45) is 9.09. The number of carbonyl (C=O) groups excluding carboxylic acids is 2. The van der Waals surface area contributed by atoms with E-state index in [0.717, 1.165) is 70.6 Å². The standard InChI is InChI=1S/C34H63O13P/c1-3-5-7-9-11-12-13-14-15-16-17-19-21-23-28(36)46-26(24-44-27(35)22-20-18-10-8-6-4-2)25-45-48(42,43)47-34-32(40)30(38)29(37)31(39)33(34)41/h12-13,26,29-34,37-41H,3-11,14-25H2,1-2H3,(H,42,43)/b13-12-. The number of esters is 2. The van der Waals surface area contributed by atoms with Crippen LogP contribution in [0.3, 0.4) is 0 Å². The lowest BCUT2D eigenvalue weighted by molar-refractivity contribution is -0.220. The van der Waals surface area contributed by atoms with Crippen LogP contribution in [-0.2, 0) is 32.7 Å². The van der Waals surface area contributed by atoms with Gasteiger partial charge in [-0.05, 0) is 38.5 Å². The summed E-state index contributed by atoms with van der Waals surface area (Å²) in [7, 11) is -5.10. The average molecular weight is 711 g/mol. The normalized spacial score (nSPS) is 24.8. The SMILES string of the molecule is CCCCCC/C=C\CCCCCCCC(=O)OC(COC(=O)CCCCCCCC)COP(=O)(O)OC1C(O)C(O)C(O)C(O)C1O. The van der Waals surface area contributed by atoms with Crippen LogP contribution in [0.2, 0.25) is 0 Å². The maximum atomic E-state index is 12.7. The van der Waals surface area contributed by atoms with Crippen LogP contribution in [0.4, 0.5) is 0 Å². The molecule has 1 fully saturated rings. The fourth-order valence-electron chi connectivity index (χ4n) is 5.34. The van der Waals surface area contributed by atoms with Gasteiger partial charge in [0.05, 0.1) is 6.61 Å². The van der Waals surface area contributed by atoms with Crippen molar-refractivity contribution in [2.24, 2.45) is 0 Å². The molecule has 0 aromatic rings. The minimum absolute atomic E-state index is 0.0890. The molecule has 1 rings (SSSR count). The van der Waals surface area contributed by atoms with Gasteiger partial charge in [-0.3, -0.25) is 18.6 Å². The van der Waals surface area contributed by atoms with Gasteiger partial charge in [0.1, 0.15) is 43.2 Å². The van der Waals surface area contributed by atoms with Gasteiger partial charge in [0.15, 0.2) is 6.10 Å². The van der Waals surface area contributed by atoms with Crippen molar-refractivity contribution >= 4 is 19.8 Å². The monoisotopic (exact) mass is 710 g/mol. The Labute approximate surface area is 286 Å². The van der Waals surface area contributed by atoms with Gasteiger partial charge in [0.2, 0.25) is 0 Å². The molecule has 0 heterocycles. The number of hydrogen-bond donors (Lipinski definition) is 6. The quantitative estimate of drug-likeness (QED) is 0.0280. The first-order valence-corrected chi connectivity index (χ1v) is 19.5. The second-order valence-electron chi connectivity index (χ2n) is 12.7. The zero-order chi connectivity index (χ0) is 35.8. The fraction of sp³-hybridized carbons (Fsp3) is 0.882. The van der Waals surface area contributed by atoms with E-state index in [4.69, 9.17) is 18.5 Å². The summed E-state index contributed by atoms with van der Waals surface area (Å²) >= 11 is 0. The third-order valence-electron chi connectivity index (χ3n) is 8.36. The number of unbranched alkanes of at least 4 members (excludes halogenated alkanes) is 14. The van der Waals surface area contributed by atoms with E-state index < -0.39 is 75.7 Å². The van der Waals surface area contributed by atoms with Crippen molar-refractivity contribution in [1.82, 2.24) is 0 Å². The average Bonchev–Trinajstić information content (AvgIpc) is 3.06. The highest BCUT2D eigenvalue weighted by Crippen LogP contribution is 2.47. The van der Waals surface area contributed by atoms with E-state index in [-0.39, 0.29) is 12.8 Å². The number of hydrogen-bond acceptors (Lipinski definition) is 12. The van der Waals surface area contributed by atoms with Gasteiger partial charge < -0.3 is 39.9 Å². The molecule has 1 aliphatic carbocycles. The highest BCUT2D eigenvalue weighted by atomic mass is 31.2. The highest BCUT2D eigenvalue weighted by molar-refractivity contribution is 7.47. The Hall–Kier alpha value is -1.41. The van der Waals surface area contributed by atoms with Gasteiger partial charge in [-0.2, -0.15) is 0 Å². The number of allylic oxidation sites excluding steroid dienone is 2. The lowest BCUT2D eigenvalue weighted by Crippen LogP contribution is -2.64. The Morgan fingerprint density at radius 2 is 1.06 bits per heavy atom. The zero-order valence-electron chi connectivity index (χ0n) is 29.0.